The molecule has 0 atom stereocenters. The van der Waals surface area contributed by atoms with Crippen LogP contribution in [0.2, 0.25) is 5.02 Å². The standard InChI is InChI=1S/C21H20ClN3OS/c22-17-5-3-16(4-6-17)21(9-10-21)20(26)24-11-1-2-19-25-18(14-27-19)15-7-12-23-13-8-15/h3-8,12-14H,1-2,9-11H2,(H,24,26). The third-order valence-electron chi connectivity index (χ3n) is 4.96. The minimum atomic E-state index is -0.347. The number of benzene rings is 1. The summed E-state index contributed by atoms with van der Waals surface area (Å²) in [5.74, 6) is 0.126. The number of hydrogen-bond acceptors (Lipinski definition) is 4. The first kappa shape index (κ1) is 18.1. The van der Waals surface area contributed by atoms with Gasteiger partial charge < -0.3 is 5.32 Å². The fraction of sp³-hybridized carbons (Fsp3) is 0.286. The van der Waals surface area contributed by atoms with Crippen molar-refractivity contribution in [2.24, 2.45) is 0 Å². The number of nitrogens with zero attached hydrogens (tertiary/aromatic N) is 2. The predicted molar refractivity (Wildman–Crippen MR) is 109 cm³/mol. The molecule has 0 bridgehead atoms. The zero-order valence-electron chi connectivity index (χ0n) is 14.8. The Morgan fingerprint density at radius 3 is 2.59 bits per heavy atom. The van der Waals surface area contributed by atoms with Crippen LogP contribution in [0.1, 0.15) is 29.8 Å². The molecule has 0 radical (unpaired) electrons. The van der Waals surface area contributed by atoms with Crippen LogP contribution in [0.4, 0.5) is 0 Å². The highest BCUT2D eigenvalue weighted by molar-refractivity contribution is 7.09. The zero-order chi connectivity index (χ0) is 18.7. The lowest BCUT2D eigenvalue weighted by molar-refractivity contribution is -0.123. The molecule has 6 heteroatoms. The van der Waals surface area contributed by atoms with E-state index in [0.29, 0.717) is 11.6 Å². The molecule has 2 aromatic heterocycles. The molecule has 1 aromatic carbocycles. The average Bonchev–Trinajstić information content (AvgIpc) is 3.38. The van der Waals surface area contributed by atoms with E-state index in [9.17, 15) is 4.79 Å². The third-order valence-corrected chi connectivity index (χ3v) is 6.12. The molecule has 4 rings (SSSR count). The van der Waals surface area contributed by atoms with Gasteiger partial charge in [0, 0.05) is 41.3 Å². The van der Waals surface area contributed by atoms with Gasteiger partial charge in [0.15, 0.2) is 0 Å². The highest BCUT2D eigenvalue weighted by Gasteiger charge is 2.50. The van der Waals surface area contributed by atoms with Crippen molar-refractivity contribution in [2.45, 2.75) is 31.1 Å². The van der Waals surface area contributed by atoms with Gasteiger partial charge in [0.2, 0.25) is 5.91 Å². The van der Waals surface area contributed by atoms with Gasteiger partial charge in [-0.15, -0.1) is 11.3 Å². The van der Waals surface area contributed by atoms with E-state index in [1.165, 1.54) is 0 Å². The first-order chi connectivity index (χ1) is 13.2. The van der Waals surface area contributed by atoms with Crippen LogP contribution in [0, 0.1) is 0 Å². The normalized spacial score (nSPS) is 14.7. The smallest absolute Gasteiger partial charge is 0.230 e. The van der Waals surface area contributed by atoms with Gasteiger partial charge in [0.25, 0.3) is 0 Å². The van der Waals surface area contributed by atoms with Crippen molar-refractivity contribution in [3.8, 4) is 11.3 Å². The molecule has 3 aromatic rings. The Morgan fingerprint density at radius 2 is 1.89 bits per heavy atom. The molecule has 138 valence electrons. The first-order valence-corrected chi connectivity index (χ1v) is 10.3. The van der Waals surface area contributed by atoms with Crippen LogP contribution in [0.25, 0.3) is 11.3 Å². The summed E-state index contributed by atoms with van der Waals surface area (Å²) in [6.45, 7) is 0.665. The number of hydrogen-bond donors (Lipinski definition) is 1. The lowest BCUT2D eigenvalue weighted by atomic mass is 9.95. The Kier molecular flexibility index (Phi) is 5.23. The number of carbonyl (C=O) groups excluding carboxylic acids is 1. The number of pyridine rings is 1. The fourth-order valence-corrected chi connectivity index (χ4v) is 4.21. The second kappa shape index (κ2) is 7.79. The van der Waals surface area contributed by atoms with E-state index < -0.39 is 0 Å². The molecule has 0 spiro atoms. The van der Waals surface area contributed by atoms with Crippen molar-refractivity contribution < 1.29 is 4.79 Å². The Bertz CT molecular complexity index is 920. The molecule has 1 amide bonds. The molecule has 1 fully saturated rings. The number of amides is 1. The summed E-state index contributed by atoms with van der Waals surface area (Å²) < 4.78 is 0. The van der Waals surface area contributed by atoms with Crippen molar-refractivity contribution in [1.82, 2.24) is 15.3 Å². The fourth-order valence-electron chi connectivity index (χ4n) is 3.23. The van der Waals surface area contributed by atoms with E-state index >= 15 is 0 Å². The number of nitrogens with one attached hydrogen (secondary N) is 1. The van der Waals surface area contributed by atoms with Gasteiger partial charge in [0.1, 0.15) is 0 Å². The molecule has 1 saturated carbocycles. The van der Waals surface area contributed by atoms with Crippen LogP contribution < -0.4 is 5.32 Å². The largest absolute Gasteiger partial charge is 0.355 e. The van der Waals surface area contributed by atoms with Crippen LogP contribution in [0.3, 0.4) is 0 Å². The lowest BCUT2D eigenvalue weighted by Crippen LogP contribution is -2.35. The van der Waals surface area contributed by atoms with E-state index in [4.69, 9.17) is 11.6 Å². The highest BCUT2D eigenvalue weighted by Crippen LogP contribution is 2.48. The second-order valence-corrected chi connectivity index (χ2v) is 8.19. The number of thiazole rings is 1. The van der Waals surface area contributed by atoms with E-state index in [-0.39, 0.29) is 11.3 Å². The molecule has 27 heavy (non-hydrogen) atoms. The van der Waals surface area contributed by atoms with Crippen LogP contribution in [0.15, 0.2) is 54.2 Å². The van der Waals surface area contributed by atoms with Crippen molar-refractivity contribution >= 4 is 28.8 Å². The third kappa shape index (κ3) is 4.04. The second-order valence-electron chi connectivity index (χ2n) is 6.81. The number of aromatic nitrogens is 2. The molecule has 4 nitrogen and oxygen atoms in total. The van der Waals surface area contributed by atoms with Gasteiger partial charge >= 0.3 is 0 Å². The van der Waals surface area contributed by atoms with Crippen molar-refractivity contribution in [3.05, 3.63) is 69.8 Å². The van der Waals surface area contributed by atoms with E-state index in [1.54, 1.807) is 23.7 Å². The van der Waals surface area contributed by atoms with Gasteiger partial charge in [-0.05, 0) is 49.1 Å². The molecule has 0 aliphatic heterocycles. The Hall–Kier alpha value is -2.24. The number of carbonyl (C=O) groups is 1. The minimum Gasteiger partial charge on any atom is -0.355 e. The number of rotatable bonds is 7. The quantitative estimate of drug-likeness (QED) is 0.591. The predicted octanol–water partition coefficient (Wildman–Crippen LogP) is 4.64. The molecular weight excluding hydrogens is 378 g/mol. The van der Waals surface area contributed by atoms with Crippen LogP contribution >= 0.6 is 22.9 Å². The maximum absolute atomic E-state index is 12.7. The van der Waals surface area contributed by atoms with Crippen molar-refractivity contribution in [2.75, 3.05) is 6.54 Å². The molecule has 1 aliphatic rings. The highest BCUT2D eigenvalue weighted by atomic mass is 35.5. The summed E-state index contributed by atoms with van der Waals surface area (Å²) in [6, 6.07) is 11.6. The van der Waals surface area contributed by atoms with Gasteiger partial charge in [-0.3, -0.25) is 9.78 Å². The minimum absolute atomic E-state index is 0.126. The topological polar surface area (TPSA) is 54.9 Å². The van der Waals surface area contributed by atoms with Gasteiger partial charge in [0.05, 0.1) is 16.1 Å². The van der Waals surface area contributed by atoms with Crippen LogP contribution in [-0.4, -0.2) is 22.4 Å². The summed E-state index contributed by atoms with van der Waals surface area (Å²) in [5.41, 5.74) is 2.78. The monoisotopic (exact) mass is 397 g/mol. The SMILES string of the molecule is O=C(NCCCc1nc(-c2ccncc2)cs1)C1(c2ccc(Cl)cc2)CC1. The van der Waals surface area contributed by atoms with Gasteiger partial charge in [-0.25, -0.2) is 4.98 Å². The molecular formula is C21H20ClN3OS. The maximum atomic E-state index is 12.7. The van der Waals surface area contributed by atoms with E-state index in [0.717, 1.165) is 47.5 Å². The summed E-state index contributed by atoms with van der Waals surface area (Å²) in [6.07, 6.45) is 7.11. The Labute approximate surface area is 167 Å². The first-order valence-electron chi connectivity index (χ1n) is 9.06. The zero-order valence-corrected chi connectivity index (χ0v) is 16.4. The molecule has 2 heterocycles. The molecule has 1 N–H and O–H groups in total. The van der Waals surface area contributed by atoms with Crippen LogP contribution in [0.5, 0.6) is 0 Å². The van der Waals surface area contributed by atoms with Gasteiger partial charge in [-0.2, -0.15) is 0 Å². The maximum Gasteiger partial charge on any atom is 0.230 e. The Balaban J connectivity index is 1.27. The molecule has 1 aliphatic carbocycles. The van der Waals surface area contributed by atoms with Gasteiger partial charge in [-0.1, -0.05) is 23.7 Å². The summed E-state index contributed by atoms with van der Waals surface area (Å²) in [5, 5.41) is 6.97. The van der Waals surface area contributed by atoms with Crippen LogP contribution in [-0.2, 0) is 16.6 Å². The summed E-state index contributed by atoms with van der Waals surface area (Å²) in [7, 11) is 0. The Morgan fingerprint density at radius 1 is 1.15 bits per heavy atom. The van der Waals surface area contributed by atoms with E-state index in [2.05, 4.69) is 20.7 Å². The summed E-state index contributed by atoms with van der Waals surface area (Å²) >= 11 is 7.62. The molecule has 0 unspecified atom stereocenters. The molecule has 0 saturated heterocycles. The number of aryl methyl sites for hydroxylation is 1. The number of halogens is 1. The van der Waals surface area contributed by atoms with Crippen molar-refractivity contribution in [1.29, 1.82) is 0 Å². The van der Waals surface area contributed by atoms with Crippen molar-refractivity contribution in [3.63, 3.8) is 0 Å². The summed E-state index contributed by atoms with van der Waals surface area (Å²) in [4.78, 5) is 21.4. The van der Waals surface area contributed by atoms with E-state index in [1.807, 2.05) is 36.4 Å². The lowest BCUT2D eigenvalue weighted by Gasteiger charge is -2.15. The average molecular weight is 398 g/mol.